The molecule has 0 saturated heterocycles. The van der Waals surface area contributed by atoms with E-state index < -0.39 is 0 Å². The van der Waals surface area contributed by atoms with E-state index >= 15 is 0 Å². The van der Waals surface area contributed by atoms with Gasteiger partial charge < -0.3 is 4.98 Å². The van der Waals surface area contributed by atoms with Gasteiger partial charge in [0.15, 0.2) is 0 Å². The van der Waals surface area contributed by atoms with Gasteiger partial charge in [-0.3, -0.25) is 0 Å². The van der Waals surface area contributed by atoms with Gasteiger partial charge in [0.1, 0.15) is 11.6 Å². The van der Waals surface area contributed by atoms with Crippen molar-refractivity contribution >= 4 is 0 Å². The van der Waals surface area contributed by atoms with Gasteiger partial charge in [0.25, 0.3) is 0 Å². The largest absolute Gasteiger partial charge is 0.342 e. The summed E-state index contributed by atoms with van der Waals surface area (Å²) < 4.78 is 13.5. The molecule has 1 aliphatic carbocycles. The van der Waals surface area contributed by atoms with E-state index in [-0.39, 0.29) is 5.82 Å². The van der Waals surface area contributed by atoms with Crippen molar-refractivity contribution in [3.8, 4) is 11.3 Å². The topological polar surface area (TPSA) is 28.7 Å². The molecule has 0 bridgehead atoms. The fourth-order valence-electron chi connectivity index (χ4n) is 1.72. The maximum absolute atomic E-state index is 13.5. The normalized spacial score (nSPS) is 15.5. The molecule has 1 aliphatic rings. The third-order valence-corrected chi connectivity index (χ3v) is 2.72. The Morgan fingerprint density at radius 2 is 2.07 bits per heavy atom. The monoisotopic (exact) mass is 202 g/mol. The lowest BCUT2D eigenvalue weighted by Crippen LogP contribution is -1.85. The van der Waals surface area contributed by atoms with Crippen molar-refractivity contribution in [1.29, 1.82) is 0 Å². The van der Waals surface area contributed by atoms with Crippen LogP contribution < -0.4 is 0 Å². The highest BCUT2D eigenvalue weighted by atomic mass is 19.1. The van der Waals surface area contributed by atoms with Gasteiger partial charge in [0, 0.05) is 11.5 Å². The minimum Gasteiger partial charge on any atom is -0.342 e. The molecule has 3 rings (SSSR count). The summed E-state index contributed by atoms with van der Waals surface area (Å²) in [7, 11) is 0. The summed E-state index contributed by atoms with van der Waals surface area (Å²) in [6.07, 6.45) is 4.11. The van der Waals surface area contributed by atoms with Crippen LogP contribution in [-0.2, 0) is 0 Å². The molecule has 1 fully saturated rings. The molecule has 0 aliphatic heterocycles. The zero-order chi connectivity index (χ0) is 10.3. The van der Waals surface area contributed by atoms with Crippen LogP contribution in [0.15, 0.2) is 30.5 Å². The van der Waals surface area contributed by atoms with E-state index in [0.29, 0.717) is 11.5 Å². The second-order valence-corrected chi connectivity index (χ2v) is 3.94. The van der Waals surface area contributed by atoms with E-state index in [1.165, 1.54) is 18.9 Å². The molecular formula is C12H11FN2. The van der Waals surface area contributed by atoms with Crippen LogP contribution in [0.3, 0.4) is 0 Å². The zero-order valence-electron chi connectivity index (χ0n) is 8.20. The average molecular weight is 202 g/mol. The molecule has 2 aromatic rings. The summed E-state index contributed by atoms with van der Waals surface area (Å²) in [5, 5.41) is 0. The van der Waals surface area contributed by atoms with Crippen molar-refractivity contribution in [2.75, 3.05) is 0 Å². The number of imidazole rings is 1. The predicted molar refractivity (Wildman–Crippen MR) is 56.0 cm³/mol. The molecule has 2 nitrogen and oxygen atoms in total. The highest BCUT2D eigenvalue weighted by Crippen LogP contribution is 2.38. The Balaban J connectivity index is 2.01. The minimum absolute atomic E-state index is 0.205. The summed E-state index contributed by atoms with van der Waals surface area (Å²) in [5.41, 5.74) is 1.37. The summed E-state index contributed by atoms with van der Waals surface area (Å²) >= 11 is 0. The Hall–Kier alpha value is -1.64. The number of hydrogen-bond donors (Lipinski definition) is 1. The van der Waals surface area contributed by atoms with Crippen molar-refractivity contribution in [3.63, 3.8) is 0 Å². The second kappa shape index (κ2) is 3.19. The molecule has 0 spiro atoms. The second-order valence-electron chi connectivity index (χ2n) is 3.94. The average Bonchev–Trinajstić information content (AvgIpc) is 2.99. The molecular weight excluding hydrogens is 191 g/mol. The number of aromatic amines is 1. The third-order valence-electron chi connectivity index (χ3n) is 2.72. The van der Waals surface area contributed by atoms with Gasteiger partial charge in [-0.25, -0.2) is 9.37 Å². The first-order chi connectivity index (χ1) is 7.34. The van der Waals surface area contributed by atoms with Crippen LogP contribution in [0.5, 0.6) is 0 Å². The summed E-state index contributed by atoms with van der Waals surface area (Å²) in [5.74, 6) is 1.36. The fraction of sp³-hybridized carbons (Fsp3) is 0.250. The van der Waals surface area contributed by atoms with Crippen molar-refractivity contribution in [2.24, 2.45) is 0 Å². The first-order valence-corrected chi connectivity index (χ1v) is 5.14. The van der Waals surface area contributed by atoms with Crippen LogP contribution in [0.25, 0.3) is 11.3 Å². The van der Waals surface area contributed by atoms with Gasteiger partial charge in [-0.15, -0.1) is 0 Å². The zero-order valence-corrected chi connectivity index (χ0v) is 8.20. The fourth-order valence-corrected chi connectivity index (χ4v) is 1.72. The molecule has 0 amide bonds. The molecule has 76 valence electrons. The molecule has 1 heterocycles. The molecule has 0 radical (unpaired) electrons. The first-order valence-electron chi connectivity index (χ1n) is 5.14. The smallest absolute Gasteiger partial charge is 0.132 e. The van der Waals surface area contributed by atoms with E-state index in [0.717, 1.165) is 11.5 Å². The highest BCUT2D eigenvalue weighted by molar-refractivity contribution is 5.59. The molecule has 1 saturated carbocycles. The SMILES string of the molecule is Fc1ccccc1-c1cnc(C2CC2)[nH]1. The van der Waals surface area contributed by atoms with E-state index in [4.69, 9.17) is 0 Å². The van der Waals surface area contributed by atoms with Crippen LogP contribution >= 0.6 is 0 Å². The molecule has 3 heteroatoms. The maximum Gasteiger partial charge on any atom is 0.132 e. The van der Waals surface area contributed by atoms with Crippen LogP contribution in [0.4, 0.5) is 4.39 Å². The van der Waals surface area contributed by atoms with Gasteiger partial charge in [0.05, 0.1) is 11.9 Å². The number of hydrogen-bond acceptors (Lipinski definition) is 1. The Morgan fingerprint density at radius 3 is 2.80 bits per heavy atom. The molecule has 0 unspecified atom stereocenters. The van der Waals surface area contributed by atoms with E-state index in [1.807, 2.05) is 6.07 Å². The number of halogens is 1. The number of rotatable bonds is 2. The van der Waals surface area contributed by atoms with E-state index in [2.05, 4.69) is 9.97 Å². The first kappa shape index (κ1) is 8.65. The number of nitrogens with one attached hydrogen (secondary N) is 1. The quantitative estimate of drug-likeness (QED) is 0.796. The van der Waals surface area contributed by atoms with Crippen molar-refractivity contribution in [3.05, 3.63) is 42.1 Å². The lowest BCUT2D eigenvalue weighted by atomic mass is 10.1. The molecule has 1 aromatic carbocycles. The van der Waals surface area contributed by atoms with Crippen LogP contribution in [0, 0.1) is 5.82 Å². The van der Waals surface area contributed by atoms with E-state index in [1.54, 1.807) is 18.3 Å². The number of benzene rings is 1. The molecule has 0 atom stereocenters. The van der Waals surface area contributed by atoms with Gasteiger partial charge in [0.2, 0.25) is 0 Å². The standard InChI is InChI=1S/C12H11FN2/c13-10-4-2-1-3-9(10)11-7-14-12(15-11)8-5-6-8/h1-4,7-8H,5-6H2,(H,14,15). The van der Waals surface area contributed by atoms with Gasteiger partial charge >= 0.3 is 0 Å². The summed E-state index contributed by atoms with van der Waals surface area (Å²) in [4.78, 5) is 7.45. The van der Waals surface area contributed by atoms with Crippen molar-refractivity contribution in [2.45, 2.75) is 18.8 Å². The third kappa shape index (κ3) is 1.54. The number of nitrogens with zero attached hydrogens (tertiary/aromatic N) is 1. The lowest BCUT2D eigenvalue weighted by Gasteiger charge is -1.98. The van der Waals surface area contributed by atoms with E-state index in [9.17, 15) is 4.39 Å². The Labute approximate surface area is 87.2 Å². The van der Waals surface area contributed by atoms with Gasteiger partial charge in [-0.1, -0.05) is 12.1 Å². The van der Waals surface area contributed by atoms with Gasteiger partial charge in [-0.2, -0.15) is 0 Å². The van der Waals surface area contributed by atoms with Crippen LogP contribution in [0.1, 0.15) is 24.6 Å². The van der Waals surface area contributed by atoms with Crippen LogP contribution in [0.2, 0.25) is 0 Å². The van der Waals surface area contributed by atoms with Crippen LogP contribution in [-0.4, -0.2) is 9.97 Å². The Bertz CT molecular complexity index is 486. The number of aromatic nitrogens is 2. The lowest BCUT2D eigenvalue weighted by molar-refractivity contribution is 0.631. The van der Waals surface area contributed by atoms with Crippen molar-refractivity contribution in [1.82, 2.24) is 9.97 Å². The summed E-state index contributed by atoms with van der Waals surface area (Å²) in [6, 6.07) is 6.75. The maximum atomic E-state index is 13.5. The molecule has 1 aromatic heterocycles. The Morgan fingerprint density at radius 1 is 1.27 bits per heavy atom. The predicted octanol–water partition coefficient (Wildman–Crippen LogP) is 3.09. The Kier molecular flexibility index (Phi) is 1.84. The van der Waals surface area contributed by atoms with Crippen molar-refractivity contribution < 1.29 is 4.39 Å². The highest BCUT2D eigenvalue weighted by Gasteiger charge is 2.26. The van der Waals surface area contributed by atoms with Gasteiger partial charge in [-0.05, 0) is 25.0 Å². The molecule has 1 N–H and O–H groups in total. The minimum atomic E-state index is -0.205. The molecule has 15 heavy (non-hydrogen) atoms. The summed E-state index contributed by atoms with van der Waals surface area (Å²) in [6.45, 7) is 0. The number of H-pyrrole nitrogens is 1.